The summed E-state index contributed by atoms with van der Waals surface area (Å²) < 4.78 is 0. The Hall–Kier alpha value is -0.530. The zero-order valence-corrected chi connectivity index (χ0v) is 22.2. The van der Waals surface area contributed by atoms with Crippen molar-refractivity contribution >= 4 is 5.97 Å². The van der Waals surface area contributed by atoms with Gasteiger partial charge in [-0.2, -0.15) is 0 Å². The first-order valence-corrected chi connectivity index (χ1v) is 13.9. The van der Waals surface area contributed by atoms with Crippen molar-refractivity contribution in [3.63, 3.8) is 0 Å². The minimum Gasteiger partial charge on any atom is -0.481 e. The fraction of sp³-hybridized carbons (Fsp3) is 0.966. The van der Waals surface area contributed by atoms with Gasteiger partial charge in [-0.15, -0.1) is 0 Å². The Morgan fingerprint density at radius 1 is 0.871 bits per heavy atom. The van der Waals surface area contributed by atoms with Crippen LogP contribution in [-0.2, 0) is 4.79 Å². The van der Waals surface area contributed by atoms with Crippen molar-refractivity contribution in [2.45, 2.75) is 132 Å². The van der Waals surface area contributed by atoms with E-state index < -0.39 is 5.97 Å². The Kier molecular flexibility index (Phi) is 9.14. The summed E-state index contributed by atoms with van der Waals surface area (Å²) in [5.41, 5.74) is 1.63. The van der Waals surface area contributed by atoms with Crippen molar-refractivity contribution in [1.82, 2.24) is 0 Å². The molecule has 4 rings (SSSR count). The maximum atomic E-state index is 11.1. The fourth-order valence-corrected chi connectivity index (χ4v) is 9.13. The van der Waals surface area contributed by atoms with Crippen LogP contribution in [-0.4, -0.2) is 11.1 Å². The van der Waals surface area contributed by atoms with Gasteiger partial charge in [0.25, 0.3) is 0 Å². The second-order valence-electron chi connectivity index (χ2n) is 11.7. The van der Waals surface area contributed by atoms with Crippen LogP contribution in [0.25, 0.3) is 0 Å². The molecule has 0 heterocycles. The predicted molar refractivity (Wildman–Crippen MR) is 133 cm³/mol. The zero-order chi connectivity index (χ0) is 23.4. The van der Waals surface area contributed by atoms with Gasteiger partial charge in [-0.05, 0) is 104 Å². The third kappa shape index (κ3) is 4.61. The third-order valence-corrected chi connectivity index (χ3v) is 10.9. The average Bonchev–Trinajstić information content (AvgIpc) is 3.12. The van der Waals surface area contributed by atoms with E-state index >= 15 is 0 Å². The van der Waals surface area contributed by atoms with Gasteiger partial charge in [-0.1, -0.05) is 68.2 Å². The number of rotatable bonds is 4. The zero-order valence-electron chi connectivity index (χ0n) is 22.2. The minimum absolute atomic E-state index is 0.348. The molecule has 6 unspecified atom stereocenters. The lowest BCUT2D eigenvalue weighted by molar-refractivity contribution is -0.154. The van der Waals surface area contributed by atoms with Gasteiger partial charge >= 0.3 is 5.97 Å². The second kappa shape index (κ2) is 10.6. The van der Waals surface area contributed by atoms with Gasteiger partial charge < -0.3 is 5.11 Å². The highest BCUT2D eigenvalue weighted by molar-refractivity contribution is 5.66. The SMILES string of the molecule is CC.CC.CC(CCC(=O)O)C1CCC2C3CCC4(C)CCCC[C@]4(C)C3CC[C@]12C. The van der Waals surface area contributed by atoms with Crippen molar-refractivity contribution in [1.29, 1.82) is 0 Å². The van der Waals surface area contributed by atoms with Crippen molar-refractivity contribution in [2.75, 3.05) is 0 Å². The van der Waals surface area contributed by atoms with Crippen molar-refractivity contribution in [3.8, 4) is 0 Å². The molecule has 4 aliphatic rings. The van der Waals surface area contributed by atoms with Crippen LogP contribution in [0, 0.1) is 45.8 Å². The Morgan fingerprint density at radius 2 is 1.52 bits per heavy atom. The number of carboxylic acids is 1. The smallest absolute Gasteiger partial charge is 0.303 e. The molecule has 1 N–H and O–H groups in total. The molecule has 2 heteroatoms. The molecule has 4 fully saturated rings. The van der Waals surface area contributed by atoms with E-state index in [0.29, 0.717) is 28.6 Å². The van der Waals surface area contributed by atoms with E-state index in [9.17, 15) is 4.79 Å². The molecule has 182 valence electrons. The summed E-state index contributed by atoms with van der Waals surface area (Å²) in [5, 5.41) is 9.12. The van der Waals surface area contributed by atoms with E-state index in [-0.39, 0.29) is 0 Å². The van der Waals surface area contributed by atoms with E-state index in [0.717, 1.165) is 30.1 Å². The lowest BCUT2D eigenvalue weighted by atomic mass is 9.40. The van der Waals surface area contributed by atoms with E-state index in [4.69, 9.17) is 5.11 Å². The molecule has 2 nitrogen and oxygen atoms in total. The minimum atomic E-state index is -0.623. The molecule has 31 heavy (non-hydrogen) atoms. The number of aliphatic carboxylic acids is 1. The molecule has 0 bridgehead atoms. The van der Waals surface area contributed by atoms with Gasteiger partial charge in [-0.25, -0.2) is 0 Å². The van der Waals surface area contributed by atoms with E-state index in [1.165, 1.54) is 64.2 Å². The van der Waals surface area contributed by atoms with Gasteiger partial charge in [0.05, 0.1) is 0 Å². The largest absolute Gasteiger partial charge is 0.481 e. The molecule has 0 aromatic carbocycles. The number of hydrogen-bond acceptors (Lipinski definition) is 1. The molecule has 0 radical (unpaired) electrons. The predicted octanol–water partition coefficient (Wildman–Crippen LogP) is 8.98. The molecular weight excluding hydrogens is 380 g/mol. The highest BCUT2D eigenvalue weighted by Crippen LogP contribution is 2.71. The van der Waals surface area contributed by atoms with Crippen LogP contribution in [0.2, 0.25) is 0 Å². The third-order valence-electron chi connectivity index (χ3n) is 10.9. The molecule has 0 aromatic heterocycles. The molecular formula is C29H54O2. The summed E-state index contributed by atoms with van der Waals surface area (Å²) in [5.74, 6) is 3.47. The van der Waals surface area contributed by atoms with Gasteiger partial charge in [0.15, 0.2) is 0 Å². The summed E-state index contributed by atoms with van der Waals surface area (Å²) in [4.78, 5) is 11.1. The summed E-state index contributed by atoms with van der Waals surface area (Å²) >= 11 is 0. The van der Waals surface area contributed by atoms with Crippen molar-refractivity contribution in [3.05, 3.63) is 0 Å². The molecule has 0 aromatic rings. The molecule has 0 amide bonds. The van der Waals surface area contributed by atoms with Crippen LogP contribution >= 0.6 is 0 Å². The first kappa shape index (κ1) is 26.7. The second-order valence-corrected chi connectivity index (χ2v) is 11.7. The lowest BCUT2D eigenvalue weighted by Gasteiger charge is -2.65. The number of hydrogen-bond donors (Lipinski definition) is 1. The normalized spacial score (nSPS) is 44.3. The summed E-state index contributed by atoms with van der Waals surface area (Å²) in [6, 6.07) is 0. The highest BCUT2D eigenvalue weighted by atomic mass is 16.4. The molecule has 4 aliphatic carbocycles. The van der Waals surface area contributed by atoms with Gasteiger partial charge in [0.2, 0.25) is 0 Å². The molecule has 0 aliphatic heterocycles. The Balaban J connectivity index is 0.000000807. The Bertz CT molecular complexity index is 585. The van der Waals surface area contributed by atoms with Gasteiger partial charge in [0, 0.05) is 6.42 Å². The lowest BCUT2D eigenvalue weighted by Crippen LogP contribution is -2.56. The van der Waals surface area contributed by atoms with Crippen LogP contribution in [0.4, 0.5) is 0 Å². The van der Waals surface area contributed by atoms with Crippen molar-refractivity contribution < 1.29 is 9.90 Å². The summed E-state index contributed by atoms with van der Waals surface area (Å²) in [7, 11) is 0. The molecule has 4 saturated carbocycles. The van der Waals surface area contributed by atoms with Crippen LogP contribution < -0.4 is 0 Å². The van der Waals surface area contributed by atoms with Crippen LogP contribution in [0.5, 0.6) is 0 Å². The average molecular weight is 435 g/mol. The first-order valence-electron chi connectivity index (χ1n) is 13.9. The summed E-state index contributed by atoms with van der Waals surface area (Å²) in [6.45, 7) is 18.2. The number of carbonyl (C=O) groups is 1. The fourth-order valence-electron chi connectivity index (χ4n) is 9.13. The van der Waals surface area contributed by atoms with Crippen LogP contribution in [0.3, 0.4) is 0 Å². The topological polar surface area (TPSA) is 37.3 Å². The van der Waals surface area contributed by atoms with E-state index in [2.05, 4.69) is 27.7 Å². The number of fused-ring (bicyclic) bond motifs is 5. The maximum absolute atomic E-state index is 11.1. The number of carboxylic acid groups (broad SMARTS) is 1. The van der Waals surface area contributed by atoms with Gasteiger partial charge in [-0.3, -0.25) is 4.79 Å². The molecule has 8 atom stereocenters. The first-order chi connectivity index (χ1) is 14.7. The van der Waals surface area contributed by atoms with E-state index in [1.807, 2.05) is 27.7 Å². The highest BCUT2D eigenvalue weighted by Gasteiger charge is 2.62. The van der Waals surface area contributed by atoms with Gasteiger partial charge in [0.1, 0.15) is 0 Å². The molecule has 0 spiro atoms. The Labute approximate surface area is 194 Å². The Morgan fingerprint density at radius 3 is 2.16 bits per heavy atom. The van der Waals surface area contributed by atoms with Crippen LogP contribution in [0.1, 0.15) is 132 Å². The molecule has 0 saturated heterocycles. The quantitative estimate of drug-likeness (QED) is 0.479. The van der Waals surface area contributed by atoms with Crippen molar-refractivity contribution in [2.24, 2.45) is 45.8 Å². The standard InChI is InChI=1S/C25H42O2.2C2H6/c1-17(7-10-22(26)27)19-8-9-20-18-11-15-23(2)13-5-6-14-25(23,4)21(18)12-16-24(19,20)3;2*1-2/h17-21H,5-16H2,1-4H3,(H,26,27);2*1-2H3/t17?,18?,19?,20?,21?,23?,24-,25-;;/m1../s1. The van der Waals surface area contributed by atoms with Crippen LogP contribution in [0.15, 0.2) is 0 Å². The monoisotopic (exact) mass is 434 g/mol. The summed E-state index contributed by atoms with van der Waals surface area (Å²) in [6.07, 6.45) is 15.6. The maximum Gasteiger partial charge on any atom is 0.303 e. The van der Waals surface area contributed by atoms with E-state index in [1.54, 1.807) is 0 Å².